The van der Waals surface area contributed by atoms with Gasteiger partial charge in [0.15, 0.2) is 5.13 Å². The van der Waals surface area contributed by atoms with Crippen LogP contribution in [0, 0.1) is 19.8 Å². The zero-order chi connectivity index (χ0) is 22.2. The Labute approximate surface area is 197 Å². The van der Waals surface area contributed by atoms with Gasteiger partial charge < -0.3 is 10.2 Å². The van der Waals surface area contributed by atoms with Gasteiger partial charge in [0.2, 0.25) is 0 Å². The second-order valence-electron chi connectivity index (χ2n) is 8.97. The van der Waals surface area contributed by atoms with Crippen LogP contribution in [-0.2, 0) is 0 Å². The highest BCUT2D eigenvalue weighted by atomic mass is 32.1. The van der Waals surface area contributed by atoms with E-state index in [9.17, 15) is 4.79 Å². The second kappa shape index (κ2) is 8.90. The highest BCUT2D eigenvalue weighted by Gasteiger charge is 2.43. The molecule has 0 aromatic carbocycles. The van der Waals surface area contributed by atoms with Gasteiger partial charge in [0.05, 0.1) is 26.8 Å². The molecule has 0 radical (unpaired) electrons. The lowest BCUT2D eigenvalue weighted by Gasteiger charge is -2.39. The van der Waals surface area contributed by atoms with E-state index < -0.39 is 0 Å². The molecule has 0 aliphatic carbocycles. The Balaban J connectivity index is 1.25. The monoisotopic (exact) mass is 467 g/mol. The van der Waals surface area contributed by atoms with Gasteiger partial charge in [0, 0.05) is 23.7 Å². The number of thiazole rings is 2. The van der Waals surface area contributed by atoms with Crippen LogP contribution < -0.4 is 5.32 Å². The molecule has 8 heteroatoms. The molecule has 2 aliphatic rings. The Bertz CT molecular complexity index is 1090. The molecule has 0 spiro atoms. The molecule has 3 aromatic heterocycles. The molecule has 5 rings (SSSR count). The van der Waals surface area contributed by atoms with Crippen LogP contribution >= 0.6 is 22.7 Å². The van der Waals surface area contributed by atoms with E-state index >= 15 is 0 Å². The topological polar surface area (TPSA) is 71.0 Å². The molecule has 6 nitrogen and oxygen atoms in total. The van der Waals surface area contributed by atoms with E-state index in [0.29, 0.717) is 23.5 Å². The van der Waals surface area contributed by atoms with Gasteiger partial charge in [-0.25, -0.2) is 15.0 Å². The van der Waals surface area contributed by atoms with Gasteiger partial charge in [-0.2, -0.15) is 0 Å². The SMILES string of the molecule is CCCC1CC2CCC(C1)N2C(=O)c1ccc(Nc2nc(-c3sc(C)nc3C)cs2)nc1. The Morgan fingerprint density at radius 1 is 1.19 bits per heavy atom. The van der Waals surface area contributed by atoms with Crippen LogP contribution in [0.4, 0.5) is 10.9 Å². The first-order valence-corrected chi connectivity index (χ1v) is 13.2. The van der Waals surface area contributed by atoms with E-state index in [1.54, 1.807) is 28.9 Å². The van der Waals surface area contributed by atoms with E-state index in [0.717, 1.165) is 58.0 Å². The fourth-order valence-corrected chi connectivity index (χ4v) is 6.99. The Morgan fingerprint density at radius 2 is 1.97 bits per heavy atom. The van der Waals surface area contributed by atoms with Crippen molar-refractivity contribution in [2.45, 2.75) is 71.4 Å². The molecule has 2 fully saturated rings. The van der Waals surface area contributed by atoms with Crippen molar-refractivity contribution in [3.63, 3.8) is 0 Å². The number of nitrogens with zero attached hydrogens (tertiary/aromatic N) is 4. The van der Waals surface area contributed by atoms with Gasteiger partial charge >= 0.3 is 0 Å². The Kier molecular flexibility index (Phi) is 5.99. The maximum Gasteiger partial charge on any atom is 0.255 e. The third-order valence-electron chi connectivity index (χ3n) is 6.65. The van der Waals surface area contributed by atoms with E-state index in [1.807, 2.05) is 31.4 Å². The summed E-state index contributed by atoms with van der Waals surface area (Å²) in [5.41, 5.74) is 2.63. The molecule has 32 heavy (non-hydrogen) atoms. The molecule has 2 unspecified atom stereocenters. The smallest absolute Gasteiger partial charge is 0.255 e. The van der Waals surface area contributed by atoms with Crippen molar-refractivity contribution in [3.05, 3.63) is 40.0 Å². The number of carbonyl (C=O) groups excluding carboxylic acids is 1. The summed E-state index contributed by atoms with van der Waals surface area (Å²) < 4.78 is 0. The third kappa shape index (κ3) is 4.18. The Morgan fingerprint density at radius 3 is 2.59 bits per heavy atom. The molecule has 168 valence electrons. The number of amides is 1. The predicted molar refractivity (Wildman–Crippen MR) is 131 cm³/mol. The van der Waals surface area contributed by atoms with Crippen LogP contribution in [0.25, 0.3) is 10.6 Å². The highest BCUT2D eigenvalue weighted by Crippen LogP contribution is 2.41. The van der Waals surface area contributed by atoms with Crippen molar-refractivity contribution in [2.24, 2.45) is 5.92 Å². The van der Waals surface area contributed by atoms with E-state index in [4.69, 9.17) is 4.98 Å². The average Bonchev–Trinajstić information content (AvgIpc) is 3.44. The quantitative estimate of drug-likeness (QED) is 0.467. The van der Waals surface area contributed by atoms with Gasteiger partial charge in [0.25, 0.3) is 5.91 Å². The lowest BCUT2D eigenvalue weighted by Crippen LogP contribution is -2.46. The Hall–Kier alpha value is -2.32. The molecule has 0 saturated carbocycles. The summed E-state index contributed by atoms with van der Waals surface area (Å²) in [6.45, 7) is 6.29. The minimum atomic E-state index is 0.138. The molecular formula is C24H29N5OS2. The number of aryl methyl sites for hydroxylation is 2. The van der Waals surface area contributed by atoms with Gasteiger partial charge in [-0.3, -0.25) is 4.79 Å². The molecule has 1 amide bonds. The predicted octanol–water partition coefficient (Wildman–Crippen LogP) is 6.21. The summed E-state index contributed by atoms with van der Waals surface area (Å²) in [5, 5.41) is 7.14. The van der Waals surface area contributed by atoms with Crippen LogP contribution in [0.2, 0.25) is 0 Å². The maximum absolute atomic E-state index is 13.2. The second-order valence-corrected chi connectivity index (χ2v) is 11.0. The standard InChI is InChI=1S/C24H29N5OS2/c1-4-5-16-10-18-7-8-19(11-16)29(18)23(30)17-6-9-21(25-12-17)28-24-27-20(13-31-24)22-14(2)26-15(3)32-22/h6,9,12-13,16,18-19H,4-5,7-8,10-11H2,1-3H3,(H,25,27,28). The molecule has 2 aliphatic heterocycles. The molecule has 1 N–H and O–H groups in total. The van der Waals surface area contributed by atoms with Gasteiger partial charge in [0.1, 0.15) is 5.82 Å². The number of anilines is 2. The average molecular weight is 468 g/mol. The first kappa shape index (κ1) is 21.5. The molecule has 2 bridgehead atoms. The zero-order valence-corrected chi connectivity index (χ0v) is 20.4. The number of rotatable bonds is 6. The largest absolute Gasteiger partial charge is 0.333 e. The van der Waals surface area contributed by atoms with Crippen LogP contribution in [0.1, 0.15) is 66.5 Å². The highest BCUT2D eigenvalue weighted by molar-refractivity contribution is 7.16. The summed E-state index contributed by atoms with van der Waals surface area (Å²) in [7, 11) is 0. The minimum absolute atomic E-state index is 0.138. The van der Waals surface area contributed by atoms with Crippen molar-refractivity contribution in [3.8, 4) is 10.6 Å². The van der Waals surface area contributed by atoms with Crippen LogP contribution in [-0.4, -0.2) is 37.8 Å². The molecule has 5 heterocycles. The first-order chi connectivity index (χ1) is 15.5. The number of hydrogen-bond acceptors (Lipinski definition) is 7. The van der Waals surface area contributed by atoms with Crippen LogP contribution in [0.15, 0.2) is 23.7 Å². The molecular weight excluding hydrogens is 438 g/mol. The van der Waals surface area contributed by atoms with E-state index in [-0.39, 0.29) is 5.91 Å². The summed E-state index contributed by atoms with van der Waals surface area (Å²) in [6.07, 6.45) is 8.85. The number of hydrogen-bond donors (Lipinski definition) is 1. The van der Waals surface area contributed by atoms with Crippen LogP contribution in [0.3, 0.4) is 0 Å². The van der Waals surface area contributed by atoms with E-state index in [2.05, 4.69) is 27.1 Å². The number of fused-ring (bicyclic) bond motifs is 2. The van der Waals surface area contributed by atoms with Crippen LogP contribution in [0.5, 0.6) is 0 Å². The minimum Gasteiger partial charge on any atom is -0.333 e. The van der Waals surface area contributed by atoms with Crippen molar-refractivity contribution >= 4 is 39.5 Å². The summed E-state index contributed by atoms with van der Waals surface area (Å²) in [6, 6.07) is 4.58. The van der Waals surface area contributed by atoms with Crippen molar-refractivity contribution in [1.29, 1.82) is 0 Å². The number of pyridine rings is 1. The number of nitrogens with one attached hydrogen (secondary N) is 1. The molecule has 2 saturated heterocycles. The lowest BCUT2D eigenvalue weighted by molar-refractivity contribution is 0.0516. The van der Waals surface area contributed by atoms with E-state index in [1.165, 1.54) is 12.8 Å². The van der Waals surface area contributed by atoms with Crippen molar-refractivity contribution < 1.29 is 4.79 Å². The zero-order valence-electron chi connectivity index (χ0n) is 18.8. The molecule has 3 aromatic rings. The summed E-state index contributed by atoms with van der Waals surface area (Å²) in [5.74, 6) is 1.62. The third-order valence-corrected chi connectivity index (χ3v) is 8.50. The van der Waals surface area contributed by atoms with Gasteiger partial charge in [-0.1, -0.05) is 19.8 Å². The summed E-state index contributed by atoms with van der Waals surface area (Å²) >= 11 is 3.21. The fourth-order valence-electron chi connectivity index (χ4n) is 5.32. The number of aromatic nitrogens is 3. The number of carbonyl (C=O) groups is 1. The lowest BCUT2D eigenvalue weighted by atomic mass is 9.87. The van der Waals surface area contributed by atoms with Gasteiger partial charge in [-0.05, 0) is 57.6 Å². The summed E-state index contributed by atoms with van der Waals surface area (Å²) in [4.78, 5) is 30.2. The first-order valence-electron chi connectivity index (χ1n) is 11.5. The number of piperidine rings is 1. The van der Waals surface area contributed by atoms with Crippen molar-refractivity contribution in [1.82, 2.24) is 19.9 Å². The normalized spacial score (nSPS) is 22.3. The van der Waals surface area contributed by atoms with Crippen molar-refractivity contribution in [2.75, 3.05) is 5.32 Å². The van der Waals surface area contributed by atoms with Gasteiger partial charge in [-0.15, -0.1) is 22.7 Å². The molecule has 2 atom stereocenters. The maximum atomic E-state index is 13.2. The fraction of sp³-hybridized carbons (Fsp3) is 0.500.